The summed E-state index contributed by atoms with van der Waals surface area (Å²) in [6.45, 7) is 3.70. The average Bonchev–Trinajstić information content (AvgIpc) is 3.52. The number of benzene rings is 2. The number of thiazole rings is 1. The van der Waals surface area contributed by atoms with Crippen LogP contribution in [0.3, 0.4) is 0 Å². The Morgan fingerprint density at radius 3 is 2.49 bits per heavy atom. The summed E-state index contributed by atoms with van der Waals surface area (Å²) in [4.78, 5) is 44.0. The minimum atomic E-state index is -1.00. The topological polar surface area (TPSA) is 111 Å². The average molecular weight is 561 g/mol. The summed E-state index contributed by atoms with van der Waals surface area (Å²) < 4.78 is 13.2. The number of ether oxygens (including phenoxy) is 1. The Morgan fingerprint density at radius 1 is 1.13 bits per heavy atom. The van der Waals surface area contributed by atoms with E-state index in [0.717, 1.165) is 10.5 Å². The molecule has 0 amide bonds. The second-order valence-corrected chi connectivity index (χ2v) is 10.5. The van der Waals surface area contributed by atoms with E-state index in [1.54, 1.807) is 60.5 Å². The van der Waals surface area contributed by atoms with E-state index in [-0.39, 0.29) is 17.7 Å². The van der Waals surface area contributed by atoms with Crippen LogP contribution in [0.15, 0.2) is 91.0 Å². The summed E-state index contributed by atoms with van der Waals surface area (Å²) >= 11 is 2.82. The number of fused-ring (bicyclic) bond motifs is 1. The summed E-state index contributed by atoms with van der Waals surface area (Å²) in [5, 5.41) is 9.12. The van der Waals surface area contributed by atoms with Crippen LogP contribution in [-0.2, 0) is 9.53 Å². The predicted molar refractivity (Wildman–Crippen MR) is 150 cm³/mol. The van der Waals surface area contributed by atoms with Gasteiger partial charge in [0.2, 0.25) is 0 Å². The van der Waals surface area contributed by atoms with Crippen molar-refractivity contribution in [3.05, 3.63) is 109 Å². The lowest BCUT2D eigenvalue weighted by atomic mass is 9.96. The molecule has 0 radical (unpaired) electrons. The number of thioether (sulfide) groups is 1. The van der Waals surface area contributed by atoms with Gasteiger partial charge in [-0.25, -0.2) is 14.6 Å². The molecule has 1 aliphatic rings. The third-order valence-corrected chi connectivity index (χ3v) is 7.99. The molecular weight excluding hydrogens is 536 g/mol. The van der Waals surface area contributed by atoms with Crippen LogP contribution in [0.4, 0.5) is 0 Å². The zero-order chi connectivity index (χ0) is 27.7. The lowest BCUT2D eigenvalue weighted by Gasteiger charge is -2.24. The maximum absolute atomic E-state index is 13.7. The van der Waals surface area contributed by atoms with Crippen molar-refractivity contribution in [1.82, 2.24) is 4.57 Å². The fourth-order valence-corrected chi connectivity index (χ4v) is 5.82. The highest BCUT2D eigenvalue weighted by Gasteiger charge is 2.33. The molecule has 3 heterocycles. The molecule has 0 fully saturated rings. The van der Waals surface area contributed by atoms with Crippen LogP contribution in [0.2, 0.25) is 0 Å². The Kier molecular flexibility index (Phi) is 7.40. The molecule has 39 heavy (non-hydrogen) atoms. The van der Waals surface area contributed by atoms with Crippen molar-refractivity contribution in [2.45, 2.75) is 24.8 Å². The number of carboxylic acids is 1. The van der Waals surface area contributed by atoms with Gasteiger partial charge in [0, 0.05) is 16.5 Å². The summed E-state index contributed by atoms with van der Waals surface area (Å²) in [6.07, 6.45) is 3.63. The maximum Gasteiger partial charge on any atom is 0.338 e. The molecule has 0 spiro atoms. The summed E-state index contributed by atoms with van der Waals surface area (Å²) in [5.41, 5.74) is 2.22. The van der Waals surface area contributed by atoms with Crippen molar-refractivity contribution < 1.29 is 23.8 Å². The second kappa shape index (κ2) is 10.9. The van der Waals surface area contributed by atoms with Gasteiger partial charge < -0.3 is 14.3 Å². The maximum atomic E-state index is 13.7. The van der Waals surface area contributed by atoms with Crippen LogP contribution in [-0.4, -0.2) is 34.5 Å². The van der Waals surface area contributed by atoms with Crippen LogP contribution in [0.1, 0.15) is 41.6 Å². The first-order chi connectivity index (χ1) is 18.8. The van der Waals surface area contributed by atoms with E-state index < -0.39 is 18.0 Å². The van der Waals surface area contributed by atoms with Gasteiger partial charge in [-0.1, -0.05) is 35.6 Å². The van der Waals surface area contributed by atoms with Gasteiger partial charge in [-0.05, 0) is 62.1 Å². The molecule has 10 heteroatoms. The summed E-state index contributed by atoms with van der Waals surface area (Å²) in [7, 11) is 0. The Hall–Kier alpha value is -4.15. The van der Waals surface area contributed by atoms with Crippen LogP contribution in [0, 0.1) is 0 Å². The molecule has 198 valence electrons. The molecule has 0 bridgehead atoms. The standard InChI is InChI=1S/C29H24N2O6S2/c1-4-36-28(35)24-16(2)30-29-31(25(24)18-9-12-21(38-3)13-10-18)26(32)23(39-29)15-20-11-14-22(37-20)17-5-7-19(8-6-17)27(33)34/h5-15,25H,4H2,1-3H3,(H,33,34)/t25-/m0/s1. The smallest absolute Gasteiger partial charge is 0.338 e. The van der Waals surface area contributed by atoms with E-state index in [2.05, 4.69) is 4.99 Å². The predicted octanol–water partition coefficient (Wildman–Crippen LogP) is 4.48. The third kappa shape index (κ3) is 5.13. The fraction of sp³-hybridized carbons (Fsp3) is 0.172. The van der Waals surface area contributed by atoms with Gasteiger partial charge >= 0.3 is 11.9 Å². The number of aromatic nitrogens is 1. The molecule has 1 N–H and O–H groups in total. The second-order valence-electron chi connectivity index (χ2n) is 8.66. The van der Waals surface area contributed by atoms with Crippen molar-refractivity contribution in [2.24, 2.45) is 4.99 Å². The van der Waals surface area contributed by atoms with E-state index in [1.807, 2.05) is 30.5 Å². The van der Waals surface area contributed by atoms with E-state index in [0.29, 0.717) is 37.7 Å². The molecule has 4 aromatic rings. The SMILES string of the molecule is CCOC(=O)C1=C(C)N=c2sc(=Cc3ccc(-c4ccc(C(=O)O)cc4)o3)c(=O)n2[C@H]1c1ccc(SC)cc1. The zero-order valence-corrected chi connectivity index (χ0v) is 23.0. The number of carbonyl (C=O) groups excluding carboxylic acids is 1. The molecule has 2 aromatic heterocycles. The van der Waals surface area contributed by atoms with Crippen molar-refractivity contribution in [3.63, 3.8) is 0 Å². The largest absolute Gasteiger partial charge is 0.478 e. The van der Waals surface area contributed by atoms with Crippen LogP contribution in [0.25, 0.3) is 17.4 Å². The van der Waals surface area contributed by atoms with Gasteiger partial charge in [-0.2, -0.15) is 0 Å². The quantitative estimate of drug-likeness (QED) is 0.262. The van der Waals surface area contributed by atoms with Crippen LogP contribution < -0.4 is 14.9 Å². The molecule has 0 aliphatic carbocycles. The number of carbonyl (C=O) groups is 2. The Bertz CT molecular complexity index is 1780. The van der Waals surface area contributed by atoms with Crippen LogP contribution >= 0.6 is 23.1 Å². The number of aromatic carboxylic acids is 1. The van der Waals surface area contributed by atoms with Gasteiger partial charge in [0.1, 0.15) is 11.5 Å². The molecule has 5 rings (SSSR count). The number of furan rings is 1. The van der Waals surface area contributed by atoms with Crippen LogP contribution in [0.5, 0.6) is 0 Å². The molecule has 8 nitrogen and oxygen atoms in total. The minimum absolute atomic E-state index is 0.182. The number of esters is 1. The first-order valence-electron chi connectivity index (χ1n) is 12.1. The van der Waals surface area contributed by atoms with Gasteiger partial charge in [0.15, 0.2) is 4.80 Å². The van der Waals surface area contributed by atoms with Gasteiger partial charge in [-0.3, -0.25) is 9.36 Å². The number of hydrogen-bond donors (Lipinski definition) is 1. The summed E-state index contributed by atoms with van der Waals surface area (Å²) in [6, 6.07) is 16.9. The minimum Gasteiger partial charge on any atom is -0.478 e. The fourth-order valence-electron chi connectivity index (χ4n) is 4.38. The monoisotopic (exact) mass is 560 g/mol. The van der Waals surface area contributed by atoms with Gasteiger partial charge in [0.25, 0.3) is 5.56 Å². The van der Waals surface area contributed by atoms with Gasteiger partial charge in [-0.15, -0.1) is 11.8 Å². The number of allylic oxidation sites excluding steroid dienone is 1. The number of carboxylic acid groups (broad SMARTS) is 1. The van der Waals surface area contributed by atoms with E-state index in [1.165, 1.54) is 23.5 Å². The Balaban J connectivity index is 1.59. The Labute approximate surface area is 231 Å². The normalized spacial score (nSPS) is 15.2. The molecule has 1 aliphatic heterocycles. The Morgan fingerprint density at radius 2 is 1.85 bits per heavy atom. The van der Waals surface area contributed by atoms with E-state index in [9.17, 15) is 14.4 Å². The number of rotatable bonds is 7. The molecule has 0 unspecified atom stereocenters. The molecule has 2 aromatic carbocycles. The molecule has 0 saturated heterocycles. The molecule has 1 atom stereocenters. The van der Waals surface area contributed by atoms with Crippen molar-refractivity contribution in [2.75, 3.05) is 12.9 Å². The summed E-state index contributed by atoms with van der Waals surface area (Å²) in [5.74, 6) is -0.508. The van der Waals surface area contributed by atoms with Crippen molar-refractivity contribution >= 4 is 41.1 Å². The first-order valence-corrected chi connectivity index (χ1v) is 14.1. The van der Waals surface area contributed by atoms with E-state index >= 15 is 0 Å². The number of hydrogen-bond acceptors (Lipinski definition) is 8. The lowest BCUT2D eigenvalue weighted by molar-refractivity contribution is -0.139. The molecular formula is C29H24N2O6S2. The first kappa shape index (κ1) is 26.5. The highest BCUT2D eigenvalue weighted by molar-refractivity contribution is 7.98. The third-order valence-electron chi connectivity index (χ3n) is 6.27. The number of nitrogens with zero attached hydrogens (tertiary/aromatic N) is 2. The highest BCUT2D eigenvalue weighted by Crippen LogP contribution is 2.31. The zero-order valence-electron chi connectivity index (χ0n) is 21.3. The molecule has 0 saturated carbocycles. The highest BCUT2D eigenvalue weighted by atomic mass is 32.2. The van der Waals surface area contributed by atoms with E-state index in [4.69, 9.17) is 14.3 Å². The lowest BCUT2D eigenvalue weighted by Crippen LogP contribution is -2.39. The van der Waals surface area contributed by atoms with Crippen molar-refractivity contribution in [1.29, 1.82) is 0 Å². The van der Waals surface area contributed by atoms with Crippen molar-refractivity contribution in [3.8, 4) is 11.3 Å². The van der Waals surface area contributed by atoms with Gasteiger partial charge in [0.05, 0.1) is 34.0 Å².